The molecule has 5 nitrogen and oxygen atoms in total. The van der Waals surface area contributed by atoms with Gasteiger partial charge in [-0.25, -0.2) is 4.79 Å². The maximum absolute atomic E-state index is 12.9. The van der Waals surface area contributed by atoms with Crippen molar-refractivity contribution >= 4 is 22.8 Å². The van der Waals surface area contributed by atoms with Crippen LogP contribution in [0.4, 0.5) is 0 Å². The number of amides is 1. The molecule has 136 valence electrons. The van der Waals surface area contributed by atoms with Gasteiger partial charge in [0.2, 0.25) is 0 Å². The van der Waals surface area contributed by atoms with Crippen LogP contribution in [-0.2, 0) is 16.1 Å². The normalized spacial score (nSPS) is 12.4. The fourth-order valence-corrected chi connectivity index (χ4v) is 3.00. The highest BCUT2D eigenvalue weighted by molar-refractivity contribution is 6.00. The lowest BCUT2D eigenvalue weighted by molar-refractivity contribution is -0.144. The Balaban J connectivity index is 2.32. The first kappa shape index (κ1) is 19.0. The zero-order valence-corrected chi connectivity index (χ0v) is 15.5. The highest BCUT2D eigenvalue weighted by Gasteiger charge is 2.27. The van der Waals surface area contributed by atoms with Crippen molar-refractivity contribution < 1.29 is 14.3 Å². The molecule has 5 heteroatoms. The average molecular weight is 344 g/mol. The van der Waals surface area contributed by atoms with Crippen molar-refractivity contribution in [1.29, 1.82) is 0 Å². The van der Waals surface area contributed by atoms with Gasteiger partial charge in [0.15, 0.2) is 0 Å². The highest BCUT2D eigenvalue weighted by atomic mass is 16.5. The minimum atomic E-state index is -0.653. The molecule has 1 atom stereocenters. The van der Waals surface area contributed by atoms with Crippen molar-refractivity contribution in [2.75, 3.05) is 7.11 Å². The smallest absolute Gasteiger partial charge is 0.328 e. The quantitative estimate of drug-likeness (QED) is 0.586. The van der Waals surface area contributed by atoms with Crippen LogP contribution in [0.25, 0.3) is 10.9 Å². The van der Waals surface area contributed by atoms with Crippen LogP contribution in [0.3, 0.4) is 0 Å². The molecule has 0 saturated heterocycles. The predicted octanol–water partition coefficient (Wildman–Crippen LogP) is 3.76. The van der Waals surface area contributed by atoms with Gasteiger partial charge in [0.25, 0.3) is 5.91 Å². The standard InChI is InChI=1S/C20H28N2O3/c1-5-6-9-12-22-16-11-8-7-10-15(16)13-17(22)19(23)21-18(14(2)3)20(24)25-4/h7-8,10-11,13-14,18H,5-6,9,12H2,1-4H3,(H,21,23)/t18-/m0/s1. The largest absolute Gasteiger partial charge is 0.467 e. The topological polar surface area (TPSA) is 60.3 Å². The van der Waals surface area contributed by atoms with Crippen molar-refractivity contribution in [1.82, 2.24) is 9.88 Å². The summed E-state index contributed by atoms with van der Waals surface area (Å²) >= 11 is 0. The number of esters is 1. The lowest BCUT2D eigenvalue weighted by Crippen LogP contribution is -2.45. The van der Waals surface area contributed by atoms with E-state index in [1.54, 1.807) is 0 Å². The van der Waals surface area contributed by atoms with Crippen molar-refractivity contribution in [2.45, 2.75) is 52.6 Å². The summed E-state index contributed by atoms with van der Waals surface area (Å²) in [7, 11) is 1.34. The predicted molar refractivity (Wildman–Crippen MR) is 99.6 cm³/mol. The first-order valence-electron chi connectivity index (χ1n) is 8.96. The van der Waals surface area contributed by atoms with Crippen LogP contribution in [-0.4, -0.2) is 29.6 Å². The molecule has 1 aromatic heterocycles. The van der Waals surface area contributed by atoms with Crippen LogP contribution in [0.15, 0.2) is 30.3 Å². The van der Waals surface area contributed by atoms with Crippen molar-refractivity contribution in [3.8, 4) is 0 Å². The van der Waals surface area contributed by atoms with Gasteiger partial charge in [-0.15, -0.1) is 0 Å². The SMILES string of the molecule is CCCCCn1c(C(=O)N[C@H](C(=O)OC)C(C)C)cc2ccccc21. The number of nitrogens with zero attached hydrogens (tertiary/aromatic N) is 1. The Morgan fingerprint density at radius 3 is 2.56 bits per heavy atom. The summed E-state index contributed by atoms with van der Waals surface area (Å²) in [4.78, 5) is 24.8. The van der Waals surface area contributed by atoms with Crippen molar-refractivity contribution in [2.24, 2.45) is 5.92 Å². The number of hydrogen-bond acceptors (Lipinski definition) is 3. The molecular formula is C20H28N2O3. The Morgan fingerprint density at radius 2 is 1.92 bits per heavy atom. The fraction of sp³-hybridized carbons (Fsp3) is 0.500. The second-order valence-electron chi connectivity index (χ2n) is 6.67. The van der Waals surface area contributed by atoms with Gasteiger partial charge < -0.3 is 14.6 Å². The van der Waals surface area contributed by atoms with E-state index in [4.69, 9.17) is 4.74 Å². The van der Waals surface area contributed by atoms with Crippen LogP contribution in [0.1, 0.15) is 50.5 Å². The fourth-order valence-electron chi connectivity index (χ4n) is 3.00. The summed E-state index contributed by atoms with van der Waals surface area (Å²) in [6, 6.07) is 9.21. The van der Waals surface area contributed by atoms with Gasteiger partial charge in [0, 0.05) is 17.4 Å². The molecule has 0 saturated carbocycles. The van der Waals surface area contributed by atoms with E-state index in [1.165, 1.54) is 7.11 Å². The van der Waals surface area contributed by atoms with Crippen LogP contribution in [0, 0.1) is 5.92 Å². The van der Waals surface area contributed by atoms with E-state index < -0.39 is 12.0 Å². The molecule has 0 aliphatic carbocycles. The molecule has 1 amide bonds. The van der Waals surface area contributed by atoms with Gasteiger partial charge in [0.05, 0.1) is 7.11 Å². The van der Waals surface area contributed by atoms with Gasteiger partial charge in [-0.3, -0.25) is 4.79 Å². The molecule has 0 unspecified atom stereocenters. The lowest BCUT2D eigenvalue weighted by atomic mass is 10.0. The first-order chi connectivity index (χ1) is 12.0. The molecule has 1 heterocycles. The Morgan fingerprint density at radius 1 is 1.20 bits per heavy atom. The van der Waals surface area contributed by atoms with Crippen LogP contribution in [0.5, 0.6) is 0 Å². The van der Waals surface area contributed by atoms with Gasteiger partial charge in [-0.05, 0) is 24.5 Å². The second-order valence-corrected chi connectivity index (χ2v) is 6.67. The third kappa shape index (κ3) is 4.41. The molecule has 0 bridgehead atoms. The molecule has 0 aliphatic rings. The van der Waals surface area contributed by atoms with Crippen LogP contribution in [0.2, 0.25) is 0 Å². The average Bonchev–Trinajstić information content (AvgIpc) is 2.97. The van der Waals surface area contributed by atoms with Gasteiger partial charge in [0.1, 0.15) is 11.7 Å². The van der Waals surface area contributed by atoms with E-state index in [0.717, 1.165) is 36.7 Å². The summed E-state index contributed by atoms with van der Waals surface area (Å²) in [6.07, 6.45) is 3.25. The highest BCUT2D eigenvalue weighted by Crippen LogP contribution is 2.21. The lowest BCUT2D eigenvalue weighted by Gasteiger charge is -2.20. The first-order valence-corrected chi connectivity index (χ1v) is 8.96. The van der Waals surface area contributed by atoms with E-state index in [2.05, 4.69) is 16.8 Å². The number of fused-ring (bicyclic) bond motifs is 1. The number of nitrogens with one attached hydrogen (secondary N) is 1. The summed E-state index contributed by atoms with van der Waals surface area (Å²) in [5.74, 6) is -0.705. The molecule has 1 aromatic carbocycles. The number of hydrogen-bond donors (Lipinski definition) is 1. The Hall–Kier alpha value is -2.30. The van der Waals surface area contributed by atoms with E-state index in [9.17, 15) is 9.59 Å². The Bertz CT molecular complexity index is 734. The van der Waals surface area contributed by atoms with Gasteiger partial charge >= 0.3 is 5.97 Å². The summed E-state index contributed by atoms with van der Waals surface area (Å²) in [5.41, 5.74) is 1.63. The molecule has 1 N–H and O–H groups in total. The number of unbranched alkanes of at least 4 members (excludes halogenated alkanes) is 2. The molecule has 0 radical (unpaired) electrons. The van der Waals surface area contributed by atoms with E-state index in [0.29, 0.717) is 5.69 Å². The third-order valence-corrected chi connectivity index (χ3v) is 4.44. The summed E-state index contributed by atoms with van der Waals surface area (Å²) < 4.78 is 6.87. The number of aryl methyl sites for hydroxylation is 1. The van der Waals surface area contributed by atoms with E-state index >= 15 is 0 Å². The summed E-state index contributed by atoms with van der Waals surface area (Å²) in [6.45, 7) is 6.72. The number of para-hydroxylation sites is 1. The van der Waals surface area contributed by atoms with Crippen LogP contribution < -0.4 is 5.32 Å². The zero-order chi connectivity index (χ0) is 18.4. The summed E-state index contributed by atoms with van der Waals surface area (Å²) in [5, 5.41) is 3.87. The maximum atomic E-state index is 12.9. The monoisotopic (exact) mass is 344 g/mol. The van der Waals surface area contributed by atoms with E-state index in [-0.39, 0.29) is 11.8 Å². The minimum Gasteiger partial charge on any atom is -0.467 e. The van der Waals surface area contributed by atoms with Crippen molar-refractivity contribution in [3.63, 3.8) is 0 Å². The maximum Gasteiger partial charge on any atom is 0.328 e. The Kier molecular flexibility index (Phi) is 6.62. The number of benzene rings is 1. The minimum absolute atomic E-state index is 0.0469. The second kappa shape index (κ2) is 8.70. The molecule has 0 spiro atoms. The molecule has 2 rings (SSSR count). The third-order valence-electron chi connectivity index (χ3n) is 4.44. The van der Waals surface area contributed by atoms with E-state index in [1.807, 2.05) is 44.2 Å². The zero-order valence-electron chi connectivity index (χ0n) is 15.5. The number of rotatable bonds is 8. The number of methoxy groups -OCH3 is 1. The van der Waals surface area contributed by atoms with Gasteiger partial charge in [-0.2, -0.15) is 0 Å². The van der Waals surface area contributed by atoms with Crippen molar-refractivity contribution in [3.05, 3.63) is 36.0 Å². The molecule has 0 fully saturated rings. The number of carbonyl (C=O) groups excluding carboxylic acids is 2. The number of carbonyl (C=O) groups is 2. The number of ether oxygens (including phenoxy) is 1. The molecule has 2 aromatic rings. The van der Waals surface area contributed by atoms with Gasteiger partial charge in [-0.1, -0.05) is 51.8 Å². The molecular weight excluding hydrogens is 316 g/mol. The van der Waals surface area contributed by atoms with Crippen LogP contribution >= 0.6 is 0 Å². The number of aromatic nitrogens is 1. The Labute approximate surface area is 149 Å². The molecule has 25 heavy (non-hydrogen) atoms. The molecule has 0 aliphatic heterocycles.